The molecule has 1 rings (SSSR count). The molecule has 1 nitrogen and oxygen atoms in total. The van der Waals surface area contributed by atoms with Gasteiger partial charge in [-0.15, -0.1) is 11.3 Å². The van der Waals surface area contributed by atoms with Crippen molar-refractivity contribution in [3.05, 3.63) is 22.4 Å². The van der Waals surface area contributed by atoms with Gasteiger partial charge in [0.2, 0.25) is 0 Å². The van der Waals surface area contributed by atoms with Crippen LogP contribution < -0.4 is 5.32 Å². The minimum Gasteiger partial charge on any atom is -0.312 e. The highest BCUT2D eigenvalue weighted by Crippen LogP contribution is 2.22. The van der Waals surface area contributed by atoms with Crippen LogP contribution in [0.25, 0.3) is 0 Å². The molecule has 68 valence electrons. The number of nitrogens with one attached hydrogen (secondary N) is 1. The van der Waals surface area contributed by atoms with Gasteiger partial charge in [0.15, 0.2) is 0 Å². The predicted octanol–water partition coefficient (Wildman–Crippen LogP) is 3.20. The molecule has 0 aliphatic heterocycles. The lowest BCUT2D eigenvalue weighted by Crippen LogP contribution is -2.14. The second-order valence-corrected chi connectivity index (χ2v) is 3.98. The lowest BCUT2D eigenvalue weighted by molar-refractivity contribution is 0.530. The molecule has 0 aliphatic rings. The van der Waals surface area contributed by atoms with Gasteiger partial charge in [0.1, 0.15) is 0 Å². The van der Waals surface area contributed by atoms with Gasteiger partial charge in [0, 0.05) is 10.9 Å². The van der Waals surface area contributed by atoms with Gasteiger partial charge in [0.05, 0.1) is 0 Å². The summed E-state index contributed by atoms with van der Waals surface area (Å²) in [5.41, 5.74) is 0. The first-order valence-electron chi connectivity index (χ1n) is 4.59. The fourth-order valence-electron chi connectivity index (χ4n) is 1.33. The molecule has 0 saturated heterocycles. The number of thiophene rings is 1. The molecule has 1 atom stereocenters. The Morgan fingerprint density at radius 1 is 1.58 bits per heavy atom. The van der Waals surface area contributed by atoms with Crippen molar-refractivity contribution < 1.29 is 0 Å². The molecule has 0 amide bonds. The molecule has 0 aromatic carbocycles. The van der Waals surface area contributed by atoms with E-state index >= 15 is 0 Å². The van der Waals surface area contributed by atoms with Crippen LogP contribution in [0.3, 0.4) is 0 Å². The summed E-state index contributed by atoms with van der Waals surface area (Å²) in [6.45, 7) is 2.24. The van der Waals surface area contributed by atoms with Crippen LogP contribution in [-0.2, 0) is 0 Å². The van der Waals surface area contributed by atoms with Crippen LogP contribution in [0.1, 0.15) is 37.1 Å². The third-order valence-electron chi connectivity index (χ3n) is 2.08. The van der Waals surface area contributed by atoms with Crippen molar-refractivity contribution in [3.63, 3.8) is 0 Å². The molecule has 12 heavy (non-hydrogen) atoms. The first-order valence-corrected chi connectivity index (χ1v) is 5.47. The van der Waals surface area contributed by atoms with Gasteiger partial charge in [-0.2, -0.15) is 0 Å². The zero-order valence-corrected chi connectivity index (χ0v) is 8.66. The highest BCUT2D eigenvalue weighted by atomic mass is 32.1. The first kappa shape index (κ1) is 9.75. The Labute approximate surface area is 78.8 Å². The van der Waals surface area contributed by atoms with Crippen LogP contribution in [0.4, 0.5) is 0 Å². The van der Waals surface area contributed by atoms with Crippen molar-refractivity contribution >= 4 is 11.3 Å². The highest BCUT2D eigenvalue weighted by Gasteiger charge is 2.07. The lowest BCUT2D eigenvalue weighted by atomic mass is 10.1. The van der Waals surface area contributed by atoms with E-state index in [1.807, 2.05) is 18.4 Å². The Bertz CT molecular complexity index is 194. The van der Waals surface area contributed by atoms with Gasteiger partial charge in [-0.05, 0) is 24.9 Å². The summed E-state index contributed by atoms with van der Waals surface area (Å²) in [6, 6.07) is 4.91. The molecule has 0 radical (unpaired) electrons. The molecular weight excluding hydrogens is 166 g/mol. The summed E-state index contributed by atoms with van der Waals surface area (Å²) in [6.07, 6.45) is 3.85. The summed E-state index contributed by atoms with van der Waals surface area (Å²) < 4.78 is 0. The fraction of sp³-hybridized carbons (Fsp3) is 0.600. The average molecular weight is 183 g/mol. The molecule has 0 fully saturated rings. The van der Waals surface area contributed by atoms with Crippen molar-refractivity contribution in [2.24, 2.45) is 0 Å². The smallest absolute Gasteiger partial charge is 0.0412 e. The molecule has 1 aromatic rings. The van der Waals surface area contributed by atoms with Crippen LogP contribution in [0.5, 0.6) is 0 Å². The Hall–Kier alpha value is -0.340. The SMILES string of the molecule is CCCCC(NC)c1cccs1. The van der Waals surface area contributed by atoms with Crippen LogP contribution in [-0.4, -0.2) is 7.05 Å². The number of unbranched alkanes of at least 4 members (excludes halogenated alkanes) is 1. The first-order chi connectivity index (χ1) is 5.88. The van der Waals surface area contributed by atoms with Gasteiger partial charge in [0.25, 0.3) is 0 Å². The Morgan fingerprint density at radius 2 is 2.42 bits per heavy atom. The van der Waals surface area contributed by atoms with Gasteiger partial charge in [-0.3, -0.25) is 0 Å². The quantitative estimate of drug-likeness (QED) is 0.739. The molecule has 1 unspecified atom stereocenters. The topological polar surface area (TPSA) is 12.0 Å². The van der Waals surface area contributed by atoms with E-state index in [0.29, 0.717) is 6.04 Å². The van der Waals surface area contributed by atoms with Gasteiger partial charge in [-0.25, -0.2) is 0 Å². The molecule has 0 spiro atoms. The maximum absolute atomic E-state index is 3.35. The van der Waals surface area contributed by atoms with Crippen LogP contribution in [0.2, 0.25) is 0 Å². The van der Waals surface area contributed by atoms with Gasteiger partial charge in [-0.1, -0.05) is 25.8 Å². The minimum atomic E-state index is 0.574. The maximum atomic E-state index is 3.35. The second kappa shape index (κ2) is 5.33. The van der Waals surface area contributed by atoms with E-state index in [9.17, 15) is 0 Å². The van der Waals surface area contributed by atoms with Crippen LogP contribution >= 0.6 is 11.3 Å². The van der Waals surface area contributed by atoms with Crippen LogP contribution in [0, 0.1) is 0 Å². The normalized spacial score (nSPS) is 13.2. The number of hydrogen-bond acceptors (Lipinski definition) is 2. The van der Waals surface area contributed by atoms with Crippen molar-refractivity contribution in [1.29, 1.82) is 0 Å². The zero-order valence-electron chi connectivity index (χ0n) is 7.84. The molecule has 1 heterocycles. The Kier molecular flexibility index (Phi) is 4.33. The Morgan fingerprint density at radius 3 is 2.92 bits per heavy atom. The summed E-state index contributed by atoms with van der Waals surface area (Å²) in [5, 5.41) is 5.49. The van der Waals surface area contributed by atoms with E-state index in [-0.39, 0.29) is 0 Å². The predicted molar refractivity (Wildman–Crippen MR) is 55.6 cm³/mol. The Balaban J connectivity index is 2.45. The lowest BCUT2D eigenvalue weighted by Gasteiger charge is -2.13. The zero-order chi connectivity index (χ0) is 8.81. The van der Waals surface area contributed by atoms with E-state index in [1.54, 1.807) is 0 Å². The summed E-state index contributed by atoms with van der Waals surface area (Å²) in [7, 11) is 2.04. The largest absolute Gasteiger partial charge is 0.312 e. The number of hydrogen-bond donors (Lipinski definition) is 1. The molecule has 2 heteroatoms. The molecular formula is C10H17NS. The fourth-order valence-corrected chi connectivity index (χ4v) is 2.20. The number of rotatable bonds is 5. The highest BCUT2D eigenvalue weighted by molar-refractivity contribution is 7.10. The van der Waals surface area contributed by atoms with Gasteiger partial charge >= 0.3 is 0 Å². The van der Waals surface area contributed by atoms with Crippen molar-refractivity contribution in [2.45, 2.75) is 32.2 Å². The molecule has 0 bridgehead atoms. The third-order valence-corrected chi connectivity index (χ3v) is 3.07. The van der Waals surface area contributed by atoms with E-state index in [1.165, 1.54) is 24.1 Å². The van der Waals surface area contributed by atoms with Crippen molar-refractivity contribution in [1.82, 2.24) is 5.32 Å². The summed E-state index contributed by atoms with van der Waals surface area (Å²) in [4.78, 5) is 1.46. The van der Waals surface area contributed by atoms with E-state index in [4.69, 9.17) is 0 Å². The van der Waals surface area contributed by atoms with Gasteiger partial charge < -0.3 is 5.32 Å². The average Bonchev–Trinajstić information content (AvgIpc) is 2.59. The second-order valence-electron chi connectivity index (χ2n) is 3.00. The summed E-state index contributed by atoms with van der Waals surface area (Å²) in [5.74, 6) is 0. The van der Waals surface area contributed by atoms with E-state index < -0.39 is 0 Å². The van der Waals surface area contributed by atoms with Crippen molar-refractivity contribution in [2.75, 3.05) is 7.05 Å². The monoisotopic (exact) mass is 183 g/mol. The maximum Gasteiger partial charge on any atom is 0.0412 e. The third kappa shape index (κ3) is 2.61. The molecule has 0 aliphatic carbocycles. The molecule has 1 N–H and O–H groups in total. The standard InChI is InChI=1S/C10H17NS/c1-3-4-6-9(11-2)10-7-5-8-12-10/h5,7-9,11H,3-4,6H2,1-2H3. The summed E-state index contributed by atoms with van der Waals surface area (Å²) >= 11 is 1.84. The van der Waals surface area contributed by atoms with Crippen molar-refractivity contribution in [3.8, 4) is 0 Å². The van der Waals surface area contributed by atoms with E-state index in [2.05, 4.69) is 29.8 Å². The minimum absolute atomic E-state index is 0.574. The molecule has 1 aromatic heterocycles. The van der Waals surface area contributed by atoms with Crippen LogP contribution in [0.15, 0.2) is 17.5 Å². The van der Waals surface area contributed by atoms with E-state index in [0.717, 1.165) is 0 Å². The molecule has 0 saturated carbocycles.